The summed E-state index contributed by atoms with van der Waals surface area (Å²) < 4.78 is 5.76. The van der Waals surface area contributed by atoms with E-state index in [2.05, 4.69) is 10.6 Å². The van der Waals surface area contributed by atoms with Crippen molar-refractivity contribution in [1.82, 2.24) is 10.6 Å². The van der Waals surface area contributed by atoms with Crippen LogP contribution in [-0.2, 0) is 49.7 Å². The average molecular weight is 703 g/mol. The van der Waals surface area contributed by atoms with Gasteiger partial charge >= 0.3 is 5.97 Å². The fourth-order valence-electron chi connectivity index (χ4n) is 6.50. The molecule has 52 heavy (non-hydrogen) atoms. The number of amides is 2. The molecular weight excluding hydrogens is 656 g/mol. The van der Waals surface area contributed by atoms with E-state index in [4.69, 9.17) is 4.74 Å². The van der Waals surface area contributed by atoms with Crippen LogP contribution in [0.15, 0.2) is 115 Å². The predicted octanol–water partition coefficient (Wildman–Crippen LogP) is 5.72. The Morgan fingerprint density at radius 1 is 0.596 bits per heavy atom. The number of fused-ring (bicyclic) bond motifs is 16. The first-order valence-corrected chi connectivity index (χ1v) is 17.9. The van der Waals surface area contributed by atoms with Crippen molar-refractivity contribution in [2.24, 2.45) is 11.8 Å². The third-order valence-corrected chi connectivity index (χ3v) is 9.54. The molecule has 2 bridgehead atoms. The molecule has 2 amide bonds. The Morgan fingerprint density at radius 3 is 1.63 bits per heavy atom. The van der Waals surface area contributed by atoms with Crippen molar-refractivity contribution in [3.63, 3.8) is 0 Å². The van der Waals surface area contributed by atoms with Crippen molar-refractivity contribution in [2.45, 2.75) is 69.9 Å². The number of carbonyl (C=O) groups excluding carboxylic acids is 4. The molecule has 2 aliphatic heterocycles. The zero-order chi connectivity index (χ0) is 36.7. The molecule has 4 aromatic carbocycles. The number of carbonyl (C=O) groups is 5. The molecule has 4 atom stereocenters. The first-order valence-electron chi connectivity index (χ1n) is 17.9. The third kappa shape index (κ3) is 11.8. The van der Waals surface area contributed by atoms with Crippen LogP contribution in [0.3, 0.4) is 0 Å². The Balaban J connectivity index is 1.45. The topological polar surface area (TPSA) is 139 Å². The SMILES string of the molecule is O=C1COc2ccc(cc2)C[C@@H](C(=O)O)CC(=O)[C@H](CCc2ccccc2)NC(=O)[C@@H](CCc2ccccc2)NC(=O)[C@H](CCc2ccccc2)C1. The number of carboxylic acid groups (broad SMARTS) is 1. The molecule has 0 spiro atoms. The molecule has 0 radical (unpaired) electrons. The Labute approximate surface area is 304 Å². The molecule has 6 rings (SSSR count). The minimum atomic E-state index is -1.12. The zero-order valence-corrected chi connectivity index (χ0v) is 29.2. The summed E-state index contributed by atoms with van der Waals surface area (Å²) in [6.07, 6.45) is 2.10. The van der Waals surface area contributed by atoms with Crippen LogP contribution in [0.25, 0.3) is 0 Å². The summed E-state index contributed by atoms with van der Waals surface area (Å²) in [5.41, 5.74) is 3.66. The van der Waals surface area contributed by atoms with Crippen molar-refractivity contribution >= 4 is 29.4 Å². The van der Waals surface area contributed by atoms with Crippen molar-refractivity contribution < 1.29 is 33.8 Å². The van der Waals surface area contributed by atoms with Crippen LogP contribution in [0.1, 0.15) is 54.4 Å². The van der Waals surface area contributed by atoms with Crippen LogP contribution < -0.4 is 15.4 Å². The largest absolute Gasteiger partial charge is 0.486 e. The average Bonchev–Trinajstić information content (AvgIpc) is 3.16. The van der Waals surface area contributed by atoms with Gasteiger partial charge in [-0.25, -0.2) is 0 Å². The van der Waals surface area contributed by atoms with E-state index in [1.807, 2.05) is 91.0 Å². The number of ether oxygens (including phenoxy) is 1. The minimum absolute atomic E-state index is 0.0811. The monoisotopic (exact) mass is 702 g/mol. The lowest BCUT2D eigenvalue weighted by atomic mass is 9.90. The Hall–Kier alpha value is -5.57. The first kappa shape index (κ1) is 37.7. The molecule has 9 nitrogen and oxygen atoms in total. The molecule has 0 saturated carbocycles. The lowest BCUT2D eigenvalue weighted by molar-refractivity contribution is -0.144. The zero-order valence-electron chi connectivity index (χ0n) is 29.2. The number of ketones is 2. The van der Waals surface area contributed by atoms with Gasteiger partial charge < -0.3 is 20.5 Å². The van der Waals surface area contributed by atoms with Gasteiger partial charge in [0.2, 0.25) is 11.8 Å². The van der Waals surface area contributed by atoms with Gasteiger partial charge in [-0.15, -0.1) is 0 Å². The number of aryl methyl sites for hydroxylation is 3. The number of hydrogen-bond donors (Lipinski definition) is 3. The van der Waals surface area contributed by atoms with Gasteiger partial charge in [-0.2, -0.15) is 0 Å². The summed E-state index contributed by atoms with van der Waals surface area (Å²) in [5.74, 6) is -4.08. The molecule has 0 saturated heterocycles. The highest BCUT2D eigenvalue weighted by atomic mass is 16.5. The van der Waals surface area contributed by atoms with E-state index in [0.29, 0.717) is 37.0 Å². The maximum atomic E-state index is 14.2. The van der Waals surface area contributed by atoms with Gasteiger partial charge in [-0.3, -0.25) is 24.0 Å². The number of hydrogen-bond acceptors (Lipinski definition) is 6. The standard InChI is InChI=1S/C43H46N2O7/c46-36-27-34(21-16-30-10-4-1-5-11-30)41(48)45-39(25-20-32-14-8-3-9-15-32)42(49)44-38(24-19-31-12-6-2-7-13-31)40(47)28-35(43(50)51)26-33-17-22-37(23-18-33)52-29-36/h1-15,17-18,22-23,34-35,38-39H,16,19-21,24-29H2,(H,44,49)(H,45,48)(H,50,51)/t34-,35-,38+,39-/m1/s1. The summed E-state index contributed by atoms with van der Waals surface area (Å²) in [6.45, 7) is -0.248. The normalized spacial score (nSPS) is 20.5. The number of Topliss-reactive ketones (excluding diaryl/α,β-unsaturated/α-hetero) is 2. The van der Waals surface area contributed by atoms with Crippen LogP contribution in [0.4, 0.5) is 0 Å². The van der Waals surface area contributed by atoms with Crippen molar-refractivity contribution in [1.29, 1.82) is 0 Å². The van der Waals surface area contributed by atoms with E-state index in [9.17, 15) is 29.1 Å². The Bertz CT molecular complexity index is 1780. The number of rotatable bonds is 10. The highest BCUT2D eigenvalue weighted by Crippen LogP contribution is 2.21. The number of carboxylic acids is 1. The second kappa shape index (κ2) is 19.2. The smallest absolute Gasteiger partial charge is 0.307 e. The molecule has 0 fully saturated rings. The van der Waals surface area contributed by atoms with Gasteiger partial charge in [-0.1, -0.05) is 103 Å². The molecular formula is C43H46N2O7. The van der Waals surface area contributed by atoms with Gasteiger partial charge in [0.05, 0.1) is 12.0 Å². The van der Waals surface area contributed by atoms with Crippen LogP contribution in [0, 0.1) is 11.8 Å². The molecule has 3 N–H and O–H groups in total. The van der Waals surface area contributed by atoms with Gasteiger partial charge in [0.15, 0.2) is 11.6 Å². The van der Waals surface area contributed by atoms with Gasteiger partial charge in [0.25, 0.3) is 0 Å². The summed E-state index contributed by atoms with van der Waals surface area (Å²) >= 11 is 0. The maximum absolute atomic E-state index is 14.2. The Kier molecular flexibility index (Phi) is 13.9. The fourth-order valence-corrected chi connectivity index (χ4v) is 6.50. The third-order valence-electron chi connectivity index (χ3n) is 9.54. The van der Waals surface area contributed by atoms with Crippen LogP contribution in [-0.4, -0.2) is 53.1 Å². The fraction of sp³-hybridized carbons (Fsp3) is 0.326. The van der Waals surface area contributed by atoms with Crippen molar-refractivity contribution in [2.75, 3.05) is 6.61 Å². The van der Waals surface area contributed by atoms with E-state index in [1.165, 1.54) is 0 Å². The highest BCUT2D eigenvalue weighted by Gasteiger charge is 2.32. The molecule has 4 aromatic rings. The van der Waals surface area contributed by atoms with Crippen LogP contribution in [0.5, 0.6) is 5.75 Å². The summed E-state index contributed by atoms with van der Waals surface area (Å²) in [5, 5.41) is 16.0. The molecule has 2 aliphatic rings. The molecule has 270 valence electrons. The number of nitrogens with one attached hydrogen (secondary N) is 2. The molecule has 0 unspecified atom stereocenters. The van der Waals surface area contributed by atoms with E-state index in [0.717, 1.165) is 16.7 Å². The summed E-state index contributed by atoms with van der Waals surface area (Å²) in [7, 11) is 0. The van der Waals surface area contributed by atoms with Crippen molar-refractivity contribution in [3.05, 3.63) is 138 Å². The summed E-state index contributed by atoms with van der Waals surface area (Å²) in [6, 6.07) is 33.6. The summed E-state index contributed by atoms with van der Waals surface area (Å²) in [4.78, 5) is 67.8. The molecule has 2 heterocycles. The molecule has 0 aromatic heterocycles. The van der Waals surface area contributed by atoms with Crippen LogP contribution in [0.2, 0.25) is 0 Å². The molecule has 0 aliphatic carbocycles. The minimum Gasteiger partial charge on any atom is -0.486 e. The number of benzene rings is 4. The van der Waals surface area contributed by atoms with E-state index >= 15 is 0 Å². The number of aliphatic carboxylic acids is 1. The van der Waals surface area contributed by atoms with Gasteiger partial charge in [-0.05, 0) is 79.3 Å². The quantitative estimate of drug-likeness (QED) is 0.192. The van der Waals surface area contributed by atoms with E-state index in [1.54, 1.807) is 24.3 Å². The first-order chi connectivity index (χ1) is 25.2. The lowest BCUT2D eigenvalue weighted by Crippen LogP contribution is -2.53. The van der Waals surface area contributed by atoms with Gasteiger partial charge in [0, 0.05) is 18.8 Å². The molecule has 9 heteroatoms. The van der Waals surface area contributed by atoms with Crippen LogP contribution >= 0.6 is 0 Å². The van der Waals surface area contributed by atoms with E-state index in [-0.39, 0.29) is 44.5 Å². The predicted molar refractivity (Wildman–Crippen MR) is 198 cm³/mol. The lowest BCUT2D eigenvalue weighted by Gasteiger charge is -2.26. The second-order valence-electron chi connectivity index (χ2n) is 13.5. The second-order valence-corrected chi connectivity index (χ2v) is 13.5. The highest BCUT2D eigenvalue weighted by molar-refractivity contribution is 5.95. The van der Waals surface area contributed by atoms with Gasteiger partial charge in [0.1, 0.15) is 18.4 Å². The van der Waals surface area contributed by atoms with E-state index < -0.39 is 47.5 Å². The maximum Gasteiger partial charge on any atom is 0.307 e. The Morgan fingerprint density at radius 2 is 1.10 bits per heavy atom. The van der Waals surface area contributed by atoms with Crippen molar-refractivity contribution in [3.8, 4) is 5.75 Å².